The predicted molar refractivity (Wildman–Crippen MR) is 175 cm³/mol. The van der Waals surface area contributed by atoms with E-state index in [2.05, 4.69) is 31.2 Å². The number of anilines is 2. The topological polar surface area (TPSA) is 150 Å². The number of aliphatic imine (C=N–C) groups is 1. The van der Waals surface area contributed by atoms with Gasteiger partial charge in [0, 0.05) is 55.9 Å². The van der Waals surface area contributed by atoms with Crippen molar-refractivity contribution in [3.63, 3.8) is 0 Å². The summed E-state index contributed by atoms with van der Waals surface area (Å²) in [5.41, 5.74) is 15.4. The van der Waals surface area contributed by atoms with E-state index in [0.717, 1.165) is 72.9 Å². The third-order valence-electron chi connectivity index (χ3n) is 7.74. The number of methoxy groups -OCH3 is 4. The zero-order valence-corrected chi connectivity index (χ0v) is 26.0. The minimum Gasteiger partial charge on any atom is -0.497 e. The minimum absolute atomic E-state index is 0.141. The van der Waals surface area contributed by atoms with Crippen LogP contribution in [0, 0.1) is 0 Å². The Morgan fingerprint density at radius 1 is 0.822 bits per heavy atom. The number of pyridine rings is 1. The summed E-state index contributed by atoms with van der Waals surface area (Å²) in [4.78, 5) is 25.8. The van der Waals surface area contributed by atoms with Crippen LogP contribution < -0.4 is 35.7 Å². The summed E-state index contributed by atoms with van der Waals surface area (Å²) < 4.78 is 22.0. The van der Waals surface area contributed by atoms with Crippen LogP contribution >= 0.6 is 0 Å². The van der Waals surface area contributed by atoms with Gasteiger partial charge in [-0.05, 0) is 54.1 Å². The molecule has 5 rings (SSSR count). The number of rotatable bonds is 11. The van der Waals surface area contributed by atoms with Crippen molar-refractivity contribution in [1.29, 1.82) is 0 Å². The van der Waals surface area contributed by atoms with E-state index < -0.39 is 5.91 Å². The van der Waals surface area contributed by atoms with E-state index in [1.807, 2.05) is 48.5 Å². The monoisotopic (exact) mass is 613 g/mol. The number of nitrogens with one attached hydrogen (secondary N) is 1. The Morgan fingerprint density at radius 3 is 2.13 bits per heavy atom. The fourth-order valence-corrected chi connectivity index (χ4v) is 5.48. The lowest BCUT2D eigenvalue weighted by molar-refractivity contribution is 0.0998. The molecule has 0 spiro atoms. The second-order valence-electron chi connectivity index (χ2n) is 10.6. The maximum Gasteiger partial charge on any atom is 0.298 e. The molecule has 1 fully saturated rings. The molecule has 0 atom stereocenters. The van der Waals surface area contributed by atoms with Crippen molar-refractivity contribution in [2.24, 2.45) is 16.5 Å². The molecule has 1 aliphatic heterocycles. The number of guanidine groups is 1. The molecule has 2 heterocycles. The van der Waals surface area contributed by atoms with Crippen LogP contribution in [0.5, 0.6) is 23.0 Å². The highest BCUT2D eigenvalue weighted by Gasteiger charge is 2.22. The third-order valence-corrected chi connectivity index (χ3v) is 7.74. The smallest absolute Gasteiger partial charge is 0.298 e. The summed E-state index contributed by atoms with van der Waals surface area (Å²) in [5.74, 6) is 1.77. The summed E-state index contributed by atoms with van der Waals surface area (Å²) >= 11 is 0. The summed E-state index contributed by atoms with van der Waals surface area (Å²) in [6, 6.07) is 19.2. The molecule has 1 aromatic heterocycles. The van der Waals surface area contributed by atoms with Crippen LogP contribution in [0.25, 0.3) is 10.9 Å². The molecule has 1 saturated heterocycles. The van der Waals surface area contributed by atoms with Gasteiger partial charge < -0.3 is 35.7 Å². The van der Waals surface area contributed by atoms with E-state index in [0.29, 0.717) is 22.8 Å². The predicted octanol–water partition coefficient (Wildman–Crippen LogP) is 3.74. The normalized spacial score (nSPS) is 13.7. The Kier molecular flexibility index (Phi) is 9.86. The van der Waals surface area contributed by atoms with Gasteiger partial charge >= 0.3 is 0 Å². The Hall–Kier alpha value is -5.07. The third kappa shape index (κ3) is 7.36. The Morgan fingerprint density at radius 2 is 1.51 bits per heavy atom. The molecule has 0 bridgehead atoms. The van der Waals surface area contributed by atoms with Gasteiger partial charge in [-0.25, -0.2) is 4.98 Å². The Balaban J connectivity index is 1.32. The first kappa shape index (κ1) is 31.4. The molecule has 0 radical (unpaired) electrons. The van der Waals surface area contributed by atoms with Crippen LogP contribution in [0.2, 0.25) is 0 Å². The molecule has 1 amide bonds. The lowest BCUT2D eigenvalue weighted by Crippen LogP contribution is -2.45. The van der Waals surface area contributed by atoms with Gasteiger partial charge in [0.15, 0.2) is 17.5 Å². The number of hydrogen-bond acceptors (Lipinski definition) is 9. The molecule has 0 unspecified atom stereocenters. The van der Waals surface area contributed by atoms with E-state index >= 15 is 0 Å². The first-order valence-corrected chi connectivity index (χ1v) is 14.5. The van der Waals surface area contributed by atoms with Crippen LogP contribution in [0.4, 0.5) is 11.4 Å². The maximum atomic E-state index is 12.7. The zero-order chi connectivity index (χ0) is 31.9. The summed E-state index contributed by atoms with van der Waals surface area (Å²) in [6.45, 7) is 5.17. The minimum atomic E-state index is -0.609. The van der Waals surface area contributed by atoms with Crippen molar-refractivity contribution in [2.45, 2.75) is 13.1 Å². The number of nitrogens with zero attached hydrogens (tertiary/aromatic N) is 4. The second-order valence-corrected chi connectivity index (χ2v) is 10.6. The van der Waals surface area contributed by atoms with Crippen LogP contribution in [-0.4, -0.2) is 81.3 Å². The van der Waals surface area contributed by atoms with E-state index in [1.54, 1.807) is 34.5 Å². The van der Waals surface area contributed by atoms with Gasteiger partial charge in [0.05, 0.1) is 39.6 Å². The highest BCUT2D eigenvalue weighted by Crippen LogP contribution is 2.40. The fraction of sp³-hybridized carbons (Fsp3) is 0.303. The molecule has 4 aromatic rings. The maximum absolute atomic E-state index is 12.7. The number of piperazine rings is 1. The average Bonchev–Trinajstić information content (AvgIpc) is 3.05. The first-order chi connectivity index (χ1) is 21.8. The average molecular weight is 614 g/mol. The van der Waals surface area contributed by atoms with Gasteiger partial charge in [0.2, 0.25) is 5.75 Å². The van der Waals surface area contributed by atoms with Crippen molar-refractivity contribution >= 4 is 34.1 Å². The number of hydrogen-bond donors (Lipinski definition) is 3. The van der Waals surface area contributed by atoms with Crippen LogP contribution in [0.15, 0.2) is 65.7 Å². The van der Waals surface area contributed by atoms with Gasteiger partial charge in [-0.2, -0.15) is 4.99 Å². The van der Waals surface area contributed by atoms with E-state index in [4.69, 9.17) is 30.4 Å². The van der Waals surface area contributed by atoms with E-state index in [9.17, 15) is 4.79 Å². The lowest BCUT2D eigenvalue weighted by Gasteiger charge is -2.35. The van der Waals surface area contributed by atoms with E-state index in [-0.39, 0.29) is 11.7 Å². The second kappa shape index (κ2) is 14.1. The van der Waals surface area contributed by atoms with Gasteiger partial charge in [0.1, 0.15) is 11.4 Å². The molecular formula is C33H39N7O5. The number of benzene rings is 3. The van der Waals surface area contributed by atoms with Gasteiger partial charge in [0.25, 0.3) is 5.91 Å². The number of ether oxygens (including phenoxy) is 4. The molecule has 12 nitrogen and oxygen atoms in total. The van der Waals surface area contributed by atoms with Gasteiger partial charge in [-0.3, -0.25) is 14.6 Å². The van der Waals surface area contributed by atoms with Crippen molar-refractivity contribution in [3.05, 3.63) is 77.5 Å². The van der Waals surface area contributed by atoms with Crippen molar-refractivity contribution in [2.75, 3.05) is 59.9 Å². The summed E-state index contributed by atoms with van der Waals surface area (Å²) in [6.07, 6.45) is 0. The number of carbonyl (C=O) groups is 1. The van der Waals surface area contributed by atoms with E-state index in [1.165, 1.54) is 0 Å². The number of carbonyl (C=O) groups excluding carboxylic acids is 1. The highest BCUT2D eigenvalue weighted by molar-refractivity contribution is 6.04. The number of nitrogens with two attached hydrogens (primary N) is 2. The molecule has 236 valence electrons. The molecule has 45 heavy (non-hydrogen) atoms. The standard InChI is InChI=1S/C33H39N7O5/c1-42-24-9-7-23(8-10-24)36-27-18-28(32(41)38-33(34)35)37-26-11-5-21(17-25(26)27)19-39-13-15-40(16-14-39)20-22-6-12-29(43-2)31(45-4)30(22)44-3/h5-12,17-18H,13-16,19-20H2,1-4H3,(H,36,37)(H4,34,35,38,41). The van der Waals surface area contributed by atoms with Crippen LogP contribution in [0.3, 0.4) is 0 Å². The molecule has 3 aromatic carbocycles. The zero-order valence-electron chi connectivity index (χ0n) is 26.0. The van der Waals surface area contributed by atoms with Crippen molar-refractivity contribution in [1.82, 2.24) is 14.8 Å². The number of aromatic nitrogens is 1. The van der Waals surface area contributed by atoms with Gasteiger partial charge in [-0.15, -0.1) is 0 Å². The Bertz CT molecular complexity index is 1680. The number of amides is 1. The molecule has 0 saturated carbocycles. The highest BCUT2D eigenvalue weighted by atomic mass is 16.5. The van der Waals surface area contributed by atoms with Crippen molar-refractivity contribution < 1.29 is 23.7 Å². The molecule has 1 aliphatic rings. The van der Waals surface area contributed by atoms with Crippen LogP contribution in [0.1, 0.15) is 21.6 Å². The fourth-order valence-electron chi connectivity index (χ4n) is 5.48. The molecule has 5 N–H and O–H groups in total. The largest absolute Gasteiger partial charge is 0.497 e. The van der Waals surface area contributed by atoms with Gasteiger partial charge in [-0.1, -0.05) is 12.1 Å². The number of fused-ring (bicyclic) bond motifs is 1. The van der Waals surface area contributed by atoms with Crippen LogP contribution in [-0.2, 0) is 13.1 Å². The first-order valence-electron chi connectivity index (χ1n) is 14.5. The quantitative estimate of drug-likeness (QED) is 0.168. The summed E-state index contributed by atoms with van der Waals surface area (Å²) in [5, 5.41) is 4.30. The Labute approximate surface area is 262 Å². The van der Waals surface area contributed by atoms with Crippen molar-refractivity contribution in [3.8, 4) is 23.0 Å². The summed E-state index contributed by atoms with van der Waals surface area (Å²) in [7, 11) is 6.51. The molecule has 12 heteroatoms. The SMILES string of the molecule is COc1ccc(Nc2cc(C(=O)N=C(N)N)nc3ccc(CN4CCN(Cc5ccc(OC)c(OC)c5OC)CC4)cc23)cc1. The molecule has 0 aliphatic carbocycles. The molecular weight excluding hydrogens is 574 g/mol. The lowest BCUT2D eigenvalue weighted by atomic mass is 10.1.